The number of nitro groups is 1. The molecule has 38 heavy (non-hydrogen) atoms. The van der Waals surface area contributed by atoms with E-state index in [1.165, 1.54) is 24.3 Å². The predicted octanol–water partition coefficient (Wildman–Crippen LogP) is 6.46. The molecule has 8 nitrogen and oxygen atoms in total. The summed E-state index contributed by atoms with van der Waals surface area (Å²) in [5.74, 6) is 0.0341. The van der Waals surface area contributed by atoms with Crippen LogP contribution in [0.5, 0.6) is 11.5 Å². The van der Waals surface area contributed by atoms with E-state index in [2.05, 4.69) is 52.9 Å². The van der Waals surface area contributed by atoms with Crippen LogP contribution in [0.3, 0.4) is 0 Å². The van der Waals surface area contributed by atoms with Gasteiger partial charge in [0.25, 0.3) is 11.6 Å². The molecule has 0 aromatic heterocycles. The first-order valence-electron chi connectivity index (χ1n) is 12.3. The van der Waals surface area contributed by atoms with E-state index in [9.17, 15) is 19.7 Å². The van der Waals surface area contributed by atoms with Crippen molar-refractivity contribution in [1.82, 2.24) is 5.32 Å². The van der Waals surface area contributed by atoms with Crippen LogP contribution >= 0.6 is 0 Å². The average molecular weight is 519 g/mol. The van der Waals surface area contributed by atoms with Gasteiger partial charge in [0.2, 0.25) is 0 Å². The first-order valence-corrected chi connectivity index (χ1v) is 12.3. The van der Waals surface area contributed by atoms with Crippen LogP contribution < -0.4 is 10.1 Å². The number of esters is 1. The van der Waals surface area contributed by atoms with Gasteiger partial charge >= 0.3 is 5.97 Å². The van der Waals surface area contributed by atoms with Gasteiger partial charge in [0.15, 0.2) is 0 Å². The van der Waals surface area contributed by atoms with Crippen molar-refractivity contribution in [3.05, 3.63) is 99.1 Å². The Kier molecular flexibility index (Phi) is 8.56. The van der Waals surface area contributed by atoms with Crippen molar-refractivity contribution in [3.8, 4) is 11.5 Å². The van der Waals surface area contributed by atoms with Crippen LogP contribution in [-0.4, -0.2) is 23.3 Å². The van der Waals surface area contributed by atoms with Crippen LogP contribution in [0.25, 0.3) is 0 Å². The predicted molar refractivity (Wildman–Crippen MR) is 146 cm³/mol. The molecule has 0 spiro atoms. The fourth-order valence-electron chi connectivity index (χ4n) is 3.56. The quantitative estimate of drug-likeness (QED) is 0.208. The van der Waals surface area contributed by atoms with Crippen molar-refractivity contribution in [2.75, 3.05) is 6.54 Å². The zero-order valence-corrected chi connectivity index (χ0v) is 22.7. The summed E-state index contributed by atoms with van der Waals surface area (Å²) in [4.78, 5) is 35.5. The lowest BCUT2D eigenvalue weighted by molar-refractivity contribution is -0.384. The summed E-state index contributed by atoms with van der Waals surface area (Å²) >= 11 is 0. The topological polar surface area (TPSA) is 108 Å². The van der Waals surface area contributed by atoms with E-state index in [0.29, 0.717) is 22.6 Å². The van der Waals surface area contributed by atoms with Gasteiger partial charge in [0, 0.05) is 17.7 Å². The second kappa shape index (κ2) is 11.5. The van der Waals surface area contributed by atoms with Gasteiger partial charge in [-0.3, -0.25) is 19.7 Å². The second-order valence-corrected chi connectivity index (χ2v) is 11.1. The van der Waals surface area contributed by atoms with Crippen LogP contribution in [0.2, 0.25) is 0 Å². The maximum Gasteiger partial charge on any atom is 0.325 e. The Morgan fingerprint density at radius 2 is 1.45 bits per heavy atom. The third-order valence-electron chi connectivity index (χ3n) is 5.90. The molecule has 1 N–H and O–H groups in total. The largest absolute Gasteiger partial charge is 0.460 e. The molecule has 0 saturated carbocycles. The SMILES string of the molecule is CC(C)(C)c1cc(C(=O)NCC(=O)OCc2cccc(Oc3ccc([N+](=O)[O-])cc3)c2)cc(C(C)(C)C)c1. The van der Waals surface area contributed by atoms with E-state index in [0.717, 1.165) is 11.1 Å². The number of nitrogens with zero attached hydrogens (tertiary/aromatic N) is 1. The lowest BCUT2D eigenvalue weighted by Gasteiger charge is -2.26. The molecule has 0 bridgehead atoms. The summed E-state index contributed by atoms with van der Waals surface area (Å²) in [6.45, 7) is 12.3. The van der Waals surface area contributed by atoms with E-state index in [1.54, 1.807) is 24.3 Å². The highest BCUT2D eigenvalue weighted by atomic mass is 16.6. The van der Waals surface area contributed by atoms with Crippen LogP contribution in [0, 0.1) is 10.1 Å². The number of carbonyl (C=O) groups excluding carboxylic acids is 2. The molecule has 8 heteroatoms. The lowest BCUT2D eigenvalue weighted by atomic mass is 9.79. The molecule has 1 amide bonds. The van der Waals surface area contributed by atoms with Crippen molar-refractivity contribution in [3.63, 3.8) is 0 Å². The molecule has 0 heterocycles. The van der Waals surface area contributed by atoms with Gasteiger partial charge in [-0.25, -0.2) is 0 Å². The minimum Gasteiger partial charge on any atom is -0.460 e. The Morgan fingerprint density at radius 3 is 2.00 bits per heavy atom. The third-order valence-corrected chi connectivity index (χ3v) is 5.90. The summed E-state index contributed by atoms with van der Waals surface area (Å²) in [6.07, 6.45) is 0. The highest BCUT2D eigenvalue weighted by molar-refractivity contribution is 5.96. The number of ether oxygens (including phenoxy) is 2. The lowest BCUT2D eigenvalue weighted by Crippen LogP contribution is -2.31. The van der Waals surface area contributed by atoms with E-state index in [-0.39, 0.29) is 35.6 Å². The monoisotopic (exact) mass is 518 g/mol. The Bertz CT molecular complexity index is 1290. The molecule has 3 aromatic rings. The van der Waals surface area contributed by atoms with Gasteiger partial charge in [0.05, 0.1) is 4.92 Å². The minimum absolute atomic E-state index is 0.000152. The summed E-state index contributed by atoms with van der Waals surface area (Å²) in [6, 6.07) is 18.6. The number of hydrogen-bond donors (Lipinski definition) is 1. The van der Waals surface area contributed by atoms with E-state index < -0.39 is 10.9 Å². The Labute approximate surface area is 223 Å². The fourth-order valence-corrected chi connectivity index (χ4v) is 3.56. The van der Waals surface area contributed by atoms with Gasteiger partial charge in [-0.2, -0.15) is 0 Å². The maximum atomic E-state index is 12.9. The molecule has 3 aromatic carbocycles. The molecule has 3 rings (SSSR count). The molecule has 0 atom stereocenters. The number of rotatable bonds is 8. The number of non-ortho nitro benzene ring substituents is 1. The van der Waals surface area contributed by atoms with Crippen LogP contribution in [0.4, 0.5) is 5.69 Å². The van der Waals surface area contributed by atoms with Crippen LogP contribution in [-0.2, 0) is 27.0 Å². The first-order chi connectivity index (χ1) is 17.7. The molecule has 0 aliphatic rings. The molecule has 0 aliphatic carbocycles. The normalized spacial score (nSPS) is 11.5. The summed E-state index contributed by atoms with van der Waals surface area (Å²) in [7, 11) is 0. The number of nitrogens with one attached hydrogen (secondary N) is 1. The first kappa shape index (κ1) is 28.4. The third kappa shape index (κ3) is 7.90. The van der Waals surface area contributed by atoms with Crippen LogP contribution in [0.1, 0.15) is 68.6 Å². The summed E-state index contributed by atoms with van der Waals surface area (Å²) in [5, 5.41) is 13.5. The van der Waals surface area contributed by atoms with Gasteiger partial charge in [-0.1, -0.05) is 59.7 Å². The van der Waals surface area contributed by atoms with E-state index >= 15 is 0 Å². The molecule has 0 aliphatic heterocycles. The summed E-state index contributed by atoms with van der Waals surface area (Å²) in [5.41, 5.74) is 3.00. The number of nitro benzene ring substituents is 1. The van der Waals surface area contributed by atoms with Crippen molar-refractivity contribution in [2.24, 2.45) is 0 Å². The Balaban J connectivity index is 1.58. The van der Waals surface area contributed by atoms with Crippen molar-refractivity contribution in [2.45, 2.75) is 59.0 Å². The molecular weight excluding hydrogens is 484 g/mol. The van der Waals surface area contributed by atoms with Gasteiger partial charge < -0.3 is 14.8 Å². The van der Waals surface area contributed by atoms with E-state index in [4.69, 9.17) is 9.47 Å². The van der Waals surface area contributed by atoms with E-state index in [1.807, 2.05) is 12.1 Å². The molecule has 0 unspecified atom stereocenters. The minimum atomic E-state index is -0.567. The Morgan fingerprint density at radius 1 is 0.842 bits per heavy atom. The van der Waals surface area contributed by atoms with Crippen molar-refractivity contribution >= 4 is 17.6 Å². The van der Waals surface area contributed by atoms with Gasteiger partial charge in [-0.15, -0.1) is 0 Å². The fraction of sp³-hybridized carbons (Fsp3) is 0.333. The highest BCUT2D eigenvalue weighted by Crippen LogP contribution is 2.30. The van der Waals surface area contributed by atoms with Crippen molar-refractivity contribution in [1.29, 1.82) is 0 Å². The van der Waals surface area contributed by atoms with Gasteiger partial charge in [-0.05, 0) is 63.9 Å². The zero-order valence-electron chi connectivity index (χ0n) is 22.7. The van der Waals surface area contributed by atoms with Crippen LogP contribution in [0.15, 0.2) is 66.7 Å². The molecule has 200 valence electrons. The molecular formula is C30H34N2O6. The smallest absolute Gasteiger partial charge is 0.325 e. The average Bonchev–Trinajstić information content (AvgIpc) is 2.85. The Hall–Kier alpha value is -4.20. The molecule has 0 saturated heterocycles. The number of amides is 1. The second-order valence-electron chi connectivity index (χ2n) is 11.1. The number of benzene rings is 3. The molecule has 0 fully saturated rings. The van der Waals surface area contributed by atoms with Gasteiger partial charge in [0.1, 0.15) is 24.7 Å². The highest BCUT2D eigenvalue weighted by Gasteiger charge is 2.22. The number of hydrogen-bond acceptors (Lipinski definition) is 6. The summed E-state index contributed by atoms with van der Waals surface area (Å²) < 4.78 is 11.1. The zero-order chi connectivity index (χ0) is 28.1. The number of carbonyl (C=O) groups is 2. The van der Waals surface area contributed by atoms with Crippen molar-refractivity contribution < 1.29 is 24.0 Å². The molecule has 0 radical (unpaired) electrons. The maximum absolute atomic E-state index is 12.9. The standard InChI is InChI=1S/C30H34N2O6/c1-29(2,3)22-15-21(16-23(17-22)30(4,5)6)28(34)31-18-27(33)37-19-20-8-7-9-26(14-20)38-25-12-10-24(11-13-25)32(35)36/h7-17H,18-19H2,1-6H3,(H,31,34).